The molecular weight excluding hydrogens is 312 g/mol. The Hall–Kier alpha value is -2.54. The number of anilines is 1. The molecule has 0 fully saturated rings. The van der Waals surface area contributed by atoms with Gasteiger partial charge >= 0.3 is 0 Å². The summed E-state index contributed by atoms with van der Waals surface area (Å²) in [6, 6.07) is 5.68. The molecule has 0 atom stereocenters. The number of amides is 1. The van der Waals surface area contributed by atoms with Crippen LogP contribution < -0.4 is 5.32 Å². The lowest BCUT2D eigenvalue weighted by molar-refractivity contribution is -0.115. The second-order valence-electron chi connectivity index (χ2n) is 5.14. The first kappa shape index (κ1) is 15.4. The maximum Gasteiger partial charge on any atom is 0.231 e. The summed E-state index contributed by atoms with van der Waals surface area (Å²) in [5.74, 6) is 0.942. The summed E-state index contributed by atoms with van der Waals surface area (Å²) in [5.41, 5.74) is 2.01. The van der Waals surface area contributed by atoms with Crippen LogP contribution in [0.15, 0.2) is 40.5 Å². The minimum absolute atomic E-state index is 0.149. The highest BCUT2D eigenvalue weighted by Gasteiger charge is 2.10. The van der Waals surface area contributed by atoms with Crippen molar-refractivity contribution in [1.29, 1.82) is 0 Å². The molecule has 0 aliphatic heterocycles. The van der Waals surface area contributed by atoms with Gasteiger partial charge in [-0.2, -0.15) is 0 Å². The summed E-state index contributed by atoms with van der Waals surface area (Å²) in [7, 11) is 0. The van der Waals surface area contributed by atoms with Crippen LogP contribution in [0, 0.1) is 6.92 Å². The number of aromatic nitrogens is 3. The lowest BCUT2D eigenvalue weighted by Gasteiger charge is -1.99. The number of hydrogen-bond acceptors (Lipinski definition) is 6. The minimum atomic E-state index is -0.149. The van der Waals surface area contributed by atoms with Crippen LogP contribution in [0.1, 0.15) is 22.0 Å². The Balaban J connectivity index is 1.51. The fourth-order valence-corrected chi connectivity index (χ4v) is 2.92. The van der Waals surface area contributed by atoms with Crippen molar-refractivity contribution in [2.45, 2.75) is 26.2 Å². The van der Waals surface area contributed by atoms with E-state index in [9.17, 15) is 4.79 Å². The van der Waals surface area contributed by atoms with Crippen molar-refractivity contribution in [3.63, 3.8) is 0 Å². The number of nitrogens with zero attached hydrogens (tertiary/aromatic N) is 3. The molecule has 3 aromatic heterocycles. The SMILES string of the molecule is Cc1cc(NC(=O)Cc2csc(CCc3ccncc3)n2)no1. The van der Waals surface area contributed by atoms with E-state index in [4.69, 9.17) is 4.52 Å². The Morgan fingerprint density at radius 3 is 2.87 bits per heavy atom. The van der Waals surface area contributed by atoms with E-state index in [1.165, 1.54) is 5.56 Å². The fraction of sp³-hybridized carbons (Fsp3) is 0.250. The summed E-state index contributed by atoms with van der Waals surface area (Å²) in [6.45, 7) is 1.78. The highest BCUT2D eigenvalue weighted by atomic mass is 32.1. The van der Waals surface area contributed by atoms with Gasteiger partial charge < -0.3 is 9.84 Å². The van der Waals surface area contributed by atoms with E-state index in [0.717, 1.165) is 23.5 Å². The zero-order valence-electron chi connectivity index (χ0n) is 12.7. The van der Waals surface area contributed by atoms with E-state index in [1.54, 1.807) is 36.7 Å². The van der Waals surface area contributed by atoms with E-state index < -0.39 is 0 Å². The Morgan fingerprint density at radius 2 is 2.13 bits per heavy atom. The number of thiazole rings is 1. The Labute approximate surface area is 137 Å². The molecule has 3 heterocycles. The van der Waals surface area contributed by atoms with Crippen molar-refractivity contribution in [1.82, 2.24) is 15.1 Å². The lowest BCUT2D eigenvalue weighted by atomic mass is 10.1. The average Bonchev–Trinajstić information content (AvgIpc) is 3.15. The molecule has 0 radical (unpaired) electrons. The predicted molar refractivity (Wildman–Crippen MR) is 87.3 cm³/mol. The number of carbonyl (C=O) groups excluding carboxylic acids is 1. The molecule has 0 saturated heterocycles. The molecule has 0 aliphatic rings. The van der Waals surface area contributed by atoms with Crippen molar-refractivity contribution in [2.24, 2.45) is 0 Å². The molecule has 3 rings (SSSR count). The Bertz CT molecular complexity index is 782. The van der Waals surface area contributed by atoms with Gasteiger partial charge in [0.05, 0.1) is 17.1 Å². The molecule has 0 saturated carbocycles. The molecule has 23 heavy (non-hydrogen) atoms. The molecule has 0 spiro atoms. The van der Waals surface area contributed by atoms with Crippen LogP contribution in [0.25, 0.3) is 0 Å². The first-order valence-corrected chi connectivity index (χ1v) is 8.12. The van der Waals surface area contributed by atoms with Crippen LogP contribution >= 0.6 is 11.3 Å². The van der Waals surface area contributed by atoms with Gasteiger partial charge in [0.25, 0.3) is 0 Å². The molecular formula is C16H16N4O2S. The summed E-state index contributed by atoms with van der Waals surface area (Å²) in [6.07, 6.45) is 5.59. The number of nitrogens with one attached hydrogen (secondary N) is 1. The van der Waals surface area contributed by atoms with E-state index >= 15 is 0 Å². The van der Waals surface area contributed by atoms with Gasteiger partial charge in [-0.3, -0.25) is 9.78 Å². The first-order chi connectivity index (χ1) is 11.2. The van der Waals surface area contributed by atoms with E-state index in [1.807, 2.05) is 17.5 Å². The van der Waals surface area contributed by atoms with Crippen molar-refractivity contribution >= 4 is 23.1 Å². The van der Waals surface area contributed by atoms with Crippen molar-refractivity contribution in [2.75, 3.05) is 5.32 Å². The van der Waals surface area contributed by atoms with Crippen molar-refractivity contribution in [3.05, 3.63) is 58.0 Å². The van der Waals surface area contributed by atoms with E-state index in [-0.39, 0.29) is 12.3 Å². The monoisotopic (exact) mass is 328 g/mol. The molecule has 0 unspecified atom stereocenters. The summed E-state index contributed by atoms with van der Waals surface area (Å²) in [5, 5.41) is 9.38. The quantitative estimate of drug-likeness (QED) is 0.752. The molecule has 1 amide bonds. The zero-order valence-corrected chi connectivity index (χ0v) is 13.5. The van der Waals surface area contributed by atoms with Gasteiger partial charge in [-0.1, -0.05) is 5.16 Å². The first-order valence-electron chi connectivity index (χ1n) is 7.24. The average molecular weight is 328 g/mol. The predicted octanol–water partition coefficient (Wildman–Crippen LogP) is 2.80. The highest BCUT2D eigenvalue weighted by Crippen LogP contribution is 2.14. The second kappa shape index (κ2) is 7.15. The summed E-state index contributed by atoms with van der Waals surface area (Å²) in [4.78, 5) is 20.5. The maximum atomic E-state index is 11.9. The molecule has 118 valence electrons. The molecule has 7 heteroatoms. The van der Waals surface area contributed by atoms with Gasteiger partial charge in [0.1, 0.15) is 5.76 Å². The standard InChI is InChI=1S/C16H16N4O2S/c1-11-8-14(20-22-11)19-15(21)9-13-10-23-16(18-13)3-2-12-4-6-17-7-5-12/h4-8,10H,2-3,9H2,1H3,(H,19,20,21). The van der Waals surface area contributed by atoms with Crippen LogP contribution in [0.2, 0.25) is 0 Å². The third kappa shape index (κ3) is 4.46. The van der Waals surface area contributed by atoms with Crippen LogP contribution in [-0.4, -0.2) is 21.0 Å². The molecule has 0 aliphatic carbocycles. The van der Waals surface area contributed by atoms with E-state index in [0.29, 0.717) is 11.6 Å². The molecule has 0 aromatic carbocycles. The van der Waals surface area contributed by atoms with Gasteiger partial charge in [-0.15, -0.1) is 11.3 Å². The zero-order chi connectivity index (χ0) is 16.1. The van der Waals surface area contributed by atoms with Gasteiger partial charge in [-0.25, -0.2) is 4.98 Å². The molecule has 6 nitrogen and oxygen atoms in total. The van der Waals surface area contributed by atoms with Crippen LogP contribution in [0.4, 0.5) is 5.82 Å². The normalized spacial score (nSPS) is 10.7. The van der Waals surface area contributed by atoms with Crippen LogP contribution in [-0.2, 0) is 24.1 Å². The third-order valence-corrected chi connectivity index (χ3v) is 4.17. The van der Waals surface area contributed by atoms with Gasteiger partial charge in [-0.05, 0) is 31.0 Å². The molecule has 3 aromatic rings. The molecule has 0 bridgehead atoms. The summed E-state index contributed by atoms with van der Waals surface area (Å²) >= 11 is 1.58. The van der Waals surface area contributed by atoms with Crippen LogP contribution in [0.3, 0.4) is 0 Å². The Kier molecular flexibility index (Phi) is 4.77. The highest BCUT2D eigenvalue weighted by molar-refractivity contribution is 7.09. The smallest absolute Gasteiger partial charge is 0.231 e. The lowest BCUT2D eigenvalue weighted by Crippen LogP contribution is -2.14. The van der Waals surface area contributed by atoms with Crippen LogP contribution in [0.5, 0.6) is 0 Å². The van der Waals surface area contributed by atoms with Gasteiger partial charge in [0.2, 0.25) is 5.91 Å². The summed E-state index contributed by atoms with van der Waals surface area (Å²) < 4.78 is 4.91. The number of pyridine rings is 1. The second-order valence-corrected chi connectivity index (χ2v) is 6.08. The number of hydrogen-bond donors (Lipinski definition) is 1. The van der Waals surface area contributed by atoms with Gasteiger partial charge in [0, 0.05) is 30.3 Å². The number of aryl methyl sites for hydroxylation is 3. The topological polar surface area (TPSA) is 80.9 Å². The third-order valence-electron chi connectivity index (χ3n) is 3.21. The number of carbonyl (C=O) groups is 1. The Morgan fingerprint density at radius 1 is 1.30 bits per heavy atom. The minimum Gasteiger partial charge on any atom is -0.360 e. The van der Waals surface area contributed by atoms with Gasteiger partial charge in [0.15, 0.2) is 5.82 Å². The van der Waals surface area contributed by atoms with Crippen molar-refractivity contribution < 1.29 is 9.32 Å². The largest absolute Gasteiger partial charge is 0.360 e. The molecule has 1 N–H and O–H groups in total. The maximum absolute atomic E-state index is 11.9. The van der Waals surface area contributed by atoms with E-state index in [2.05, 4.69) is 20.4 Å². The fourth-order valence-electron chi connectivity index (χ4n) is 2.12. The number of rotatable bonds is 6. The van der Waals surface area contributed by atoms with Crippen molar-refractivity contribution in [3.8, 4) is 0 Å².